The topological polar surface area (TPSA) is 87.0 Å². The molecule has 20 heavy (non-hydrogen) atoms. The summed E-state index contributed by atoms with van der Waals surface area (Å²) in [5.74, 6) is 0.790. The van der Waals surface area contributed by atoms with Gasteiger partial charge >= 0.3 is 0 Å². The van der Waals surface area contributed by atoms with E-state index in [1.54, 1.807) is 6.20 Å². The van der Waals surface area contributed by atoms with E-state index in [4.69, 9.17) is 16.2 Å². The Hall–Kier alpha value is -1.98. The van der Waals surface area contributed by atoms with E-state index in [-0.39, 0.29) is 6.04 Å². The van der Waals surface area contributed by atoms with E-state index in [9.17, 15) is 0 Å². The monoisotopic (exact) mass is 270 g/mol. The molecule has 5 heteroatoms. The van der Waals surface area contributed by atoms with E-state index >= 15 is 0 Å². The Bertz CT molecular complexity index is 656. The molecule has 0 saturated carbocycles. The summed E-state index contributed by atoms with van der Waals surface area (Å²) in [6, 6.07) is 5.68. The number of nitrogens with two attached hydrogens (primary N) is 2. The predicted molar refractivity (Wildman–Crippen MR) is 77.2 cm³/mol. The van der Waals surface area contributed by atoms with Crippen molar-refractivity contribution in [1.29, 1.82) is 0 Å². The molecule has 2 aromatic rings. The van der Waals surface area contributed by atoms with Crippen LogP contribution in [0.1, 0.15) is 17.0 Å². The molecule has 2 heterocycles. The van der Waals surface area contributed by atoms with E-state index in [0.717, 1.165) is 34.0 Å². The van der Waals surface area contributed by atoms with Crippen LogP contribution in [0.3, 0.4) is 0 Å². The second-order valence-corrected chi connectivity index (χ2v) is 5.18. The zero-order chi connectivity index (χ0) is 14.3. The number of rotatable bonds is 1. The van der Waals surface area contributed by atoms with Gasteiger partial charge < -0.3 is 10.5 Å². The van der Waals surface area contributed by atoms with Gasteiger partial charge in [-0.15, -0.1) is 0 Å². The van der Waals surface area contributed by atoms with Crippen LogP contribution in [0.4, 0.5) is 0 Å². The van der Waals surface area contributed by atoms with Gasteiger partial charge in [0.25, 0.3) is 0 Å². The van der Waals surface area contributed by atoms with Gasteiger partial charge in [-0.25, -0.2) is 0 Å². The number of benzene rings is 1. The highest BCUT2D eigenvalue weighted by atomic mass is 16.5. The molecule has 1 aliphatic heterocycles. The predicted octanol–water partition coefficient (Wildman–Crippen LogP) is 1.31. The summed E-state index contributed by atoms with van der Waals surface area (Å²) in [6.07, 6.45) is 2.00. The van der Waals surface area contributed by atoms with Gasteiger partial charge in [0.2, 0.25) is 0 Å². The molecule has 5 nitrogen and oxygen atoms in total. The van der Waals surface area contributed by atoms with Gasteiger partial charge in [0.15, 0.2) is 6.23 Å². The second-order valence-electron chi connectivity index (χ2n) is 5.18. The fourth-order valence-electron chi connectivity index (χ4n) is 2.56. The lowest BCUT2D eigenvalue weighted by molar-refractivity contribution is 0.158. The first kappa shape index (κ1) is 13.0. The van der Waals surface area contributed by atoms with Gasteiger partial charge in [-0.1, -0.05) is 12.1 Å². The molecule has 0 radical (unpaired) electrons. The molecule has 0 amide bonds. The lowest BCUT2D eigenvalue weighted by atomic mass is 9.94. The lowest BCUT2D eigenvalue weighted by Gasteiger charge is -2.30. The average molecular weight is 270 g/mol. The summed E-state index contributed by atoms with van der Waals surface area (Å²) in [5, 5.41) is 0. The number of ether oxygens (including phenoxy) is 1. The first-order chi connectivity index (χ1) is 9.56. The summed E-state index contributed by atoms with van der Waals surface area (Å²) >= 11 is 0. The van der Waals surface area contributed by atoms with E-state index < -0.39 is 6.23 Å². The molecule has 1 aromatic heterocycles. The van der Waals surface area contributed by atoms with Gasteiger partial charge in [0, 0.05) is 17.3 Å². The maximum atomic E-state index is 6.02. The second kappa shape index (κ2) is 4.85. The van der Waals surface area contributed by atoms with Gasteiger partial charge in [-0.3, -0.25) is 15.7 Å². The van der Waals surface area contributed by atoms with Gasteiger partial charge in [0.05, 0.1) is 23.1 Å². The van der Waals surface area contributed by atoms with Crippen LogP contribution in [-0.2, 0) is 6.42 Å². The van der Waals surface area contributed by atoms with Gasteiger partial charge in [-0.05, 0) is 26.3 Å². The Morgan fingerprint density at radius 3 is 2.80 bits per heavy atom. The Labute approximate surface area is 118 Å². The first-order valence-electron chi connectivity index (χ1n) is 6.66. The van der Waals surface area contributed by atoms with Crippen LogP contribution in [0.5, 0.6) is 5.75 Å². The zero-order valence-electron chi connectivity index (χ0n) is 11.6. The third kappa shape index (κ3) is 2.15. The van der Waals surface area contributed by atoms with Crippen molar-refractivity contribution in [2.24, 2.45) is 11.5 Å². The van der Waals surface area contributed by atoms with Crippen LogP contribution in [0.25, 0.3) is 11.3 Å². The Kier molecular flexibility index (Phi) is 3.16. The summed E-state index contributed by atoms with van der Waals surface area (Å²) < 4.78 is 5.67. The molecule has 1 aliphatic rings. The van der Waals surface area contributed by atoms with Gasteiger partial charge in [0.1, 0.15) is 5.75 Å². The first-order valence-corrected chi connectivity index (χ1v) is 6.66. The number of hydrogen-bond donors (Lipinski definition) is 2. The van der Waals surface area contributed by atoms with Crippen LogP contribution in [0.2, 0.25) is 0 Å². The molecule has 4 N–H and O–H groups in total. The van der Waals surface area contributed by atoms with Crippen molar-refractivity contribution in [3.8, 4) is 17.0 Å². The molecule has 0 saturated heterocycles. The van der Waals surface area contributed by atoms with Crippen LogP contribution in [0.15, 0.2) is 24.4 Å². The summed E-state index contributed by atoms with van der Waals surface area (Å²) in [6.45, 7) is 3.90. The molecular weight excluding hydrogens is 252 g/mol. The SMILES string of the molecule is Cc1cnc(-c2cccc3c2C[C@H](N)C(N)O3)c(C)n1. The van der Waals surface area contributed by atoms with E-state index in [1.807, 2.05) is 32.0 Å². The maximum Gasteiger partial charge on any atom is 0.163 e. The van der Waals surface area contributed by atoms with Crippen LogP contribution < -0.4 is 16.2 Å². The van der Waals surface area contributed by atoms with Crippen molar-refractivity contribution >= 4 is 0 Å². The Balaban J connectivity index is 2.14. The zero-order valence-corrected chi connectivity index (χ0v) is 11.6. The molecule has 2 atom stereocenters. The van der Waals surface area contributed by atoms with Crippen molar-refractivity contribution in [1.82, 2.24) is 9.97 Å². The highest BCUT2D eigenvalue weighted by Crippen LogP contribution is 2.34. The quantitative estimate of drug-likeness (QED) is 0.815. The fourth-order valence-corrected chi connectivity index (χ4v) is 2.56. The molecule has 0 fully saturated rings. The van der Waals surface area contributed by atoms with E-state index in [1.165, 1.54) is 0 Å². The van der Waals surface area contributed by atoms with E-state index in [0.29, 0.717) is 6.42 Å². The molecule has 0 bridgehead atoms. The maximum absolute atomic E-state index is 6.02. The Morgan fingerprint density at radius 1 is 1.25 bits per heavy atom. The standard InChI is InChI=1S/C15H18N4O/c1-8-7-18-14(9(2)19-8)10-4-3-5-13-11(10)6-12(16)15(17)20-13/h3-5,7,12,15H,6,16-17H2,1-2H3/t12-,15?/m0/s1. The minimum atomic E-state index is -0.456. The summed E-state index contributed by atoms with van der Waals surface area (Å²) in [5.41, 5.74) is 16.6. The number of fused-ring (bicyclic) bond motifs is 1. The van der Waals surface area contributed by atoms with Crippen molar-refractivity contribution in [3.63, 3.8) is 0 Å². The fraction of sp³-hybridized carbons (Fsp3) is 0.333. The minimum Gasteiger partial charge on any atom is -0.474 e. The number of hydrogen-bond acceptors (Lipinski definition) is 5. The van der Waals surface area contributed by atoms with Gasteiger partial charge in [-0.2, -0.15) is 0 Å². The normalized spacial score (nSPS) is 21.2. The molecule has 1 aromatic carbocycles. The van der Waals surface area contributed by atoms with Crippen LogP contribution >= 0.6 is 0 Å². The summed E-state index contributed by atoms with van der Waals surface area (Å²) in [7, 11) is 0. The highest BCUT2D eigenvalue weighted by molar-refractivity contribution is 5.69. The summed E-state index contributed by atoms with van der Waals surface area (Å²) in [4.78, 5) is 8.98. The van der Waals surface area contributed by atoms with E-state index in [2.05, 4.69) is 9.97 Å². The van der Waals surface area contributed by atoms with Crippen molar-refractivity contribution in [2.75, 3.05) is 0 Å². The molecule has 104 valence electrons. The van der Waals surface area contributed by atoms with Crippen molar-refractivity contribution < 1.29 is 4.74 Å². The van der Waals surface area contributed by atoms with Crippen LogP contribution in [-0.4, -0.2) is 22.2 Å². The molecule has 1 unspecified atom stereocenters. The molecule has 0 spiro atoms. The third-order valence-electron chi connectivity index (χ3n) is 3.58. The largest absolute Gasteiger partial charge is 0.474 e. The number of nitrogens with zero attached hydrogens (tertiary/aromatic N) is 2. The number of aromatic nitrogens is 2. The average Bonchev–Trinajstić information content (AvgIpc) is 2.40. The molecule has 0 aliphatic carbocycles. The smallest absolute Gasteiger partial charge is 0.163 e. The van der Waals surface area contributed by atoms with Crippen LogP contribution in [0, 0.1) is 13.8 Å². The molecule has 3 rings (SSSR count). The minimum absolute atomic E-state index is 0.206. The Morgan fingerprint density at radius 2 is 2.05 bits per heavy atom. The number of aryl methyl sites for hydroxylation is 2. The third-order valence-corrected chi connectivity index (χ3v) is 3.58. The molecular formula is C15H18N4O. The lowest BCUT2D eigenvalue weighted by Crippen LogP contribution is -2.49. The van der Waals surface area contributed by atoms with Crippen molar-refractivity contribution in [2.45, 2.75) is 32.5 Å². The highest BCUT2D eigenvalue weighted by Gasteiger charge is 2.27. The van der Waals surface area contributed by atoms with Crippen molar-refractivity contribution in [3.05, 3.63) is 41.3 Å².